The van der Waals surface area contributed by atoms with Crippen LogP contribution in [0.1, 0.15) is 21.3 Å². The van der Waals surface area contributed by atoms with Gasteiger partial charge < -0.3 is 16.0 Å². The zero-order valence-corrected chi connectivity index (χ0v) is 13.7. The highest BCUT2D eigenvalue weighted by molar-refractivity contribution is 7.10. The molecular weight excluding hydrogens is 306 g/mol. The van der Waals surface area contributed by atoms with Gasteiger partial charge in [-0.25, -0.2) is 0 Å². The van der Waals surface area contributed by atoms with Crippen molar-refractivity contribution in [2.75, 3.05) is 26.4 Å². The molecule has 2 rings (SSSR count). The summed E-state index contributed by atoms with van der Waals surface area (Å²) in [6.45, 7) is 0.580. The number of hydrogen-bond donors (Lipinski definition) is 2. The Morgan fingerprint density at radius 1 is 1.29 bits per heavy atom. The molecule has 4 nitrogen and oxygen atoms in total. The lowest BCUT2D eigenvalue weighted by molar-refractivity contribution is 0.0942. The van der Waals surface area contributed by atoms with Crippen molar-refractivity contribution in [2.45, 2.75) is 6.04 Å². The molecule has 1 atom stereocenters. The summed E-state index contributed by atoms with van der Waals surface area (Å²) in [7, 11) is 4.03. The number of halogens is 1. The number of carbonyl (C=O) groups excluding carboxylic acids is 1. The molecule has 1 amide bonds. The van der Waals surface area contributed by atoms with E-state index in [1.54, 1.807) is 35.6 Å². The maximum absolute atomic E-state index is 12.1. The Morgan fingerprint density at radius 3 is 2.48 bits per heavy atom. The lowest BCUT2D eigenvalue weighted by Crippen LogP contribution is -2.34. The minimum atomic E-state index is -0.0755. The number of nitrogen functional groups attached to an aromatic ring is 1. The molecule has 0 spiro atoms. The summed E-state index contributed by atoms with van der Waals surface area (Å²) in [4.78, 5) is 15.4. The molecule has 2 aromatic rings. The number of nitrogens with one attached hydrogen (secondary N) is 1. The first-order chi connectivity index (χ1) is 9.58. The molecule has 1 unspecified atom stereocenters. The Balaban J connectivity index is 0.00000220. The van der Waals surface area contributed by atoms with Crippen LogP contribution in [0.3, 0.4) is 0 Å². The number of rotatable bonds is 5. The van der Waals surface area contributed by atoms with E-state index in [2.05, 4.69) is 16.3 Å². The second-order valence-corrected chi connectivity index (χ2v) is 5.81. The predicted octanol–water partition coefficient (Wildman–Crippen LogP) is 2.78. The average molecular weight is 326 g/mol. The molecule has 1 heterocycles. The smallest absolute Gasteiger partial charge is 0.251 e. The fourth-order valence-corrected chi connectivity index (χ4v) is 2.87. The minimum Gasteiger partial charge on any atom is -0.399 e. The maximum Gasteiger partial charge on any atom is 0.251 e. The standard InChI is InChI=1S/C15H19N3OS.ClH/c1-18(2)13(14-4-3-9-20-14)10-17-15(19)11-5-7-12(16)8-6-11;/h3-9,13H,10,16H2,1-2H3,(H,17,19);1H. The molecule has 0 aliphatic rings. The van der Waals surface area contributed by atoms with Gasteiger partial charge in [-0.05, 0) is 49.8 Å². The van der Waals surface area contributed by atoms with Gasteiger partial charge >= 0.3 is 0 Å². The van der Waals surface area contributed by atoms with Crippen LogP contribution in [0.15, 0.2) is 41.8 Å². The highest BCUT2D eigenvalue weighted by atomic mass is 35.5. The number of anilines is 1. The van der Waals surface area contributed by atoms with Crippen molar-refractivity contribution in [3.8, 4) is 0 Å². The van der Waals surface area contributed by atoms with Crippen molar-refractivity contribution in [1.82, 2.24) is 10.2 Å². The second kappa shape index (κ2) is 8.02. The monoisotopic (exact) mass is 325 g/mol. The number of nitrogens with two attached hydrogens (primary N) is 1. The van der Waals surface area contributed by atoms with Gasteiger partial charge in [0, 0.05) is 22.7 Å². The molecule has 0 saturated heterocycles. The van der Waals surface area contributed by atoms with Crippen LogP contribution in [-0.4, -0.2) is 31.4 Å². The highest BCUT2D eigenvalue weighted by Gasteiger charge is 2.16. The SMILES string of the molecule is CN(C)C(CNC(=O)c1ccc(N)cc1)c1cccs1.Cl. The van der Waals surface area contributed by atoms with Crippen molar-refractivity contribution in [3.05, 3.63) is 52.2 Å². The van der Waals surface area contributed by atoms with Gasteiger partial charge in [-0.1, -0.05) is 6.07 Å². The van der Waals surface area contributed by atoms with Crippen LogP contribution in [-0.2, 0) is 0 Å². The molecule has 6 heteroatoms. The van der Waals surface area contributed by atoms with Gasteiger partial charge in [0.25, 0.3) is 5.91 Å². The quantitative estimate of drug-likeness (QED) is 0.831. The van der Waals surface area contributed by atoms with Crippen molar-refractivity contribution >= 4 is 35.3 Å². The van der Waals surface area contributed by atoms with Gasteiger partial charge in [0.2, 0.25) is 0 Å². The molecular formula is C15H20ClN3OS. The maximum atomic E-state index is 12.1. The Morgan fingerprint density at radius 2 is 1.95 bits per heavy atom. The largest absolute Gasteiger partial charge is 0.399 e. The molecule has 1 aromatic heterocycles. The summed E-state index contributed by atoms with van der Waals surface area (Å²) >= 11 is 1.70. The van der Waals surface area contributed by atoms with Crippen LogP contribution < -0.4 is 11.1 Å². The van der Waals surface area contributed by atoms with E-state index in [0.717, 1.165) is 0 Å². The summed E-state index contributed by atoms with van der Waals surface area (Å²) in [5.74, 6) is -0.0755. The normalized spacial score (nSPS) is 11.8. The summed E-state index contributed by atoms with van der Waals surface area (Å²) in [5, 5.41) is 5.02. The van der Waals surface area contributed by atoms with Crippen molar-refractivity contribution in [2.24, 2.45) is 0 Å². The number of likely N-dealkylation sites (N-methyl/N-ethyl adjacent to an activating group) is 1. The van der Waals surface area contributed by atoms with E-state index >= 15 is 0 Å². The third-order valence-electron chi connectivity index (χ3n) is 3.12. The molecule has 0 bridgehead atoms. The Hall–Kier alpha value is -1.56. The van der Waals surface area contributed by atoms with Crippen LogP contribution >= 0.6 is 23.7 Å². The van der Waals surface area contributed by atoms with Crippen LogP contribution in [0.2, 0.25) is 0 Å². The summed E-state index contributed by atoms with van der Waals surface area (Å²) in [5.41, 5.74) is 6.90. The third-order valence-corrected chi connectivity index (χ3v) is 4.10. The van der Waals surface area contributed by atoms with Crippen molar-refractivity contribution < 1.29 is 4.79 Å². The lowest BCUT2D eigenvalue weighted by Gasteiger charge is -2.23. The van der Waals surface area contributed by atoms with Crippen LogP contribution in [0, 0.1) is 0 Å². The molecule has 0 fully saturated rings. The first-order valence-corrected chi connectivity index (χ1v) is 7.29. The first kappa shape index (κ1) is 17.5. The van der Waals surface area contributed by atoms with Gasteiger partial charge in [0.05, 0.1) is 6.04 Å². The summed E-state index contributed by atoms with van der Waals surface area (Å²) < 4.78 is 0. The molecule has 0 aliphatic heterocycles. The van der Waals surface area contributed by atoms with Gasteiger partial charge in [0.1, 0.15) is 0 Å². The fraction of sp³-hybridized carbons (Fsp3) is 0.267. The molecule has 114 valence electrons. The molecule has 3 N–H and O–H groups in total. The van der Waals surface area contributed by atoms with E-state index < -0.39 is 0 Å². The third kappa shape index (κ3) is 4.74. The highest BCUT2D eigenvalue weighted by Crippen LogP contribution is 2.22. The van der Waals surface area contributed by atoms with E-state index in [1.165, 1.54) is 4.88 Å². The molecule has 0 aliphatic carbocycles. The van der Waals surface area contributed by atoms with Gasteiger partial charge in [0.15, 0.2) is 0 Å². The van der Waals surface area contributed by atoms with Gasteiger partial charge in [-0.15, -0.1) is 23.7 Å². The van der Waals surface area contributed by atoms with Crippen molar-refractivity contribution in [3.63, 3.8) is 0 Å². The number of benzene rings is 1. The van der Waals surface area contributed by atoms with E-state index in [-0.39, 0.29) is 24.4 Å². The van der Waals surface area contributed by atoms with Gasteiger partial charge in [-0.2, -0.15) is 0 Å². The Bertz CT molecular complexity index is 555. The Labute approximate surface area is 135 Å². The van der Waals surface area contributed by atoms with E-state index in [0.29, 0.717) is 17.8 Å². The summed E-state index contributed by atoms with van der Waals surface area (Å²) in [6.07, 6.45) is 0. The number of hydrogen-bond acceptors (Lipinski definition) is 4. The minimum absolute atomic E-state index is 0. The zero-order valence-electron chi connectivity index (χ0n) is 12.1. The number of nitrogens with zero attached hydrogens (tertiary/aromatic N) is 1. The van der Waals surface area contributed by atoms with E-state index in [4.69, 9.17) is 5.73 Å². The topological polar surface area (TPSA) is 58.4 Å². The second-order valence-electron chi connectivity index (χ2n) is 4.83. The Kier molecular flexibility index (Phi) is 6.68. The predicted molar refractivity (Wildman–Crippen MR) is 91.2 cm³/mol. The fourth-order valence-electron chi connectivity index (χ4n) is 1.94. The summed E-state index contributed by atoms with van der Waals surface area (Å²) in [6, 6.07) is 11.2. The van der Waals surface area contributed by atoms with E-state index in [9.17, 15) is 4.79 Å². The van der Waals surface area contributed by atoms with Gasteiger partial charge in [-0.3, -0.25) is 4.79 Å². The molecule has 0 radical (unpaired) electrons. The van der Waals surface area contributed by atoms with Crippen LogP contribution in [0.25, 0.3) is 0 Å². The lowest BCUT2D eigenvalue weighted by atomic mass is 10.1. The first-order valence-electron chi connectivity index (χ1n) is 6.41. The zero-order chi connectivity index (χ0) is 14.5. The van der Waals surface area contributed by atoms with Crippen LogP contribution in [0.4, 0.5) is 5.69 Å². The number of thiophene rings is 1. The average Bonchev–Trinajstić information content (AvgIpc) is 2.93. The number of carbonyl (C=O) groups is 1. The molecule has 1 aromatic carbocycles. The van der Waals surface area contributed by atoms with E-state index in [1.807, 2.05) is 25.5 Å². The number of amides is 1. The molecule has 21 heavy (non-hydrogen) atoms. The van der Waals surface area contributed by atoms with Crippen LogP contribution in [0.5, 0.6) is 0 Å². The molecule has 0 saturated carbocycles. The van der Waals surface area contributed by atoms with Crippen molar-refractivity contribution in [1.29, 1.82) is 0 Å².